The molecule has 108 valence electrons. The van der Waals surface area contributed by atoms with Gasteiger partial charge in [-0.3, -0.25) is 0 Å². The van der Waals surface area contributed by atoms with Gasteiger partial charge in [0.25, 0.3) is 0 Å². The first-order valence-corrected chi connectivity index (χ1v) is 6.51. The van der Waals surface area contributed by atoms with Crippen LogP contribution in [0.1, 0.15) is 45.1 Å². The van der Waals surface area contributed by atoms with Gasteiger partial charge in [-0.25, -0.2) is 4.39 Å². The number of halogens is 4. The fourth-order valence-corrected chi connectivity index (χ4v) is 2.02. The topological polar surface area (TPSA) is 12.0 Å². The largest absolute Gasteiger partial charge is 0.416 e. The predicted molar refractivity (Wildman–Crippen MR) is 68.6 cm³/mol. The lowest BCUT2D eigenvalue weighted by molar-refractivity contribution is -0.137. The lowest BCUT2D eigenvalue weighted by Crippen LogP contribution is -2.20. The van der Waals surface area contributed by atoms with Gasteiger partial charge < -0.3 is 5.32 Å². The molecule has 1 rings (SSSR count). The number of benzene rings is 1. The number of anilines is 1. The third-order valence-electron chi connectivity index (χ3n) is 2.93. The van der Waals surface area contributed by atoms with E-state index in [0.717, 1.165) is 43.9 Å². The summed E-state index contributed by atoms with van der Waals surface area (Å²) in [4.78, 5) is 0. The Labute approximate surface area is 111 Å². The maximum Gasteiger partial charge on any atom is 0.416 e. The Morgan fingerprint density at radius 1 is 1.11 bits per heavy atom. The van der Waals surface area contributed by atoms with E-state index in [1.807, 2.05) is 13.8 Å². The molecule has 1 N–H and O–H groups in total. The molecule has 0 aliphatic heterocycles. The number of hydrogen-bond acceptors (Lipinski definition) is 1. The molecule has 0 bridgehead atoms. The summed E-state index contributed by atoms with van der Waals surface area (Å²) in [6.07, 6.45) is -1.03. The first-order chi connectivity index (χ1) is 8.88. The van der Waals surface area contributed by atoms with Gasteiger partial charge in [0.05, 0.1) is 11.3 Å². The maximum absolute atomic E-state index is 13.6. The first kappa shape index (κ1) is 15.8. The lowest BCUT2D eigenvalue weighted by atomic mass is 10.1. The molecule has 1 aromatic carbocycles. The second kappa shape index (κ2) is 6.78. The van der Waals surface area contributed by atoms with Crippen molar-refractivity contribution in [1.29, 1.82) is 0 Å². The summed E-state index contributed by atoms with van der Waals surface area (Å²) in [6, 6.07) is 2.47. The fourth-order valence-electron chi connectivity index (χ4n) is 2.02. The van der Waals surface area contributed by atoms with E-state index >= 15 is 0 Å². The van der Waals surface area contributed by atoms with Crippen LogP contribution in [0.3, 0.4) is 0 Å². The third kappa shape index (κ3) is 4.73. The first-order valence-electron chi connectivity index (χ1n) is 6.51. The van der Waals surface area contributed by atoms with Crippen molar-refractivity contribution < 1.29 is 17.6 Å². The normalized spacial score (nSPS) is 11.9. The van der Waals surface area contributed by atoms with Crippen molar-refractivity contribution >= 4 is 5.69 Å². The molecule has 0 unspecified atom stereocenters. The van der Waals surface area contributed by atoms with Gasteiger partial charge in [-0.15, -0.1) is 0 Å². The van der Waals surface area contributed by atoms with Crippen LogP contribution in [-0.4, -0.2) is 6.04 Å². The minimum Gasteiger partial charge on any atom is -0.380 e. The molecular weight excluding hydrogens is 258 g/mol. The molecule has 19 heavy (non-hydrogen) atoms. The Morgan fingerprint density at radius 2 is 1.68 bits per heavy atom. The monoisotopic (exact) mass is 277 g/mol. The summed E-state index contributed by atoms with van der Waals surface area (Å²) in [5, 5.41) is 2.89. The highest BCUT2D eigenvalue weighted by molar-refractivity contribution is 5.48. The van der Waals surface area contributed by atoms with Gasteiger partial charge in [-0.05, 0) is 31.0 Å². The summed E-state index contributed by atoms with van der Waals surface area (Å²) in [6.45, 7) is 3.99. The minimum absolute atomic E-state index is 0.00739. The van der Waals surface area contributed by atoms with Crippen molar-refractivity contribution in [2.45, 2.75) is 51.7 Å². The lowest BCUT2D eigenvalue weighted by Gasteiger charge is -2.20. The fraction of sp³-hybridized carbons (Fsp3) is 0.571. The molecule has 0 fully saturated rings. The van der Waals surface area contributed by atoms with E-state index in [4.69, 9.17) is 0 Å². The van der Waals surface area contributed by atoms with Gasteiger partial charge in [-0.2, -0.15) is 13.2 Å². The van der Waals surface area contributed by atoms with Crippen LogP contribution in [0.2, 0.25) is 0 Å². The molecule has 0 aromatic heterocycles. The van der Waals surface area contributed by atoms with Crippen LogP contribution in [0.5, 0.6) is 0 Å². The average molecular weight is 277 g/mol. The van der Waals surface area contributed by atoms with Crippen LogP contribution in [0, 0.1) is 5.82 Å². The highest BCUT2D eigenvalue weighted by Gasteiger charge is 2.31. The van der Waals surface area contributed by atoms with Crippen molar-refractivity contribution in [3.8, 4) is 0 Å². The van der Waals surface area contributed by atoms with Crippen LogP contribution < -0.4 is 5.32 Å². The minimum atomic E-state index is -4.45. The van der Waals surface area contributed by atoms with Crippen LogP contribution >= 0.6 is 0 Å². The maximum atomic E-state index is 13.6. The van der Waals surface area contributed by atoms with E-state index in [1.165, 1.54) is 0 Å². The van der Waals surface area contributed by atoms with Gasteiger partial charge in [0.2, 0.25) is 0 Å². The molecule has 0 atom stereocenters. The molecule has 0 saturated heterocycles. The summed E-state index contributed by atoms with van der Waals surface area (Å²) in [5.74, 6) is -0.648. The standard InChI is InChI=1S/C14H19F4N/c1-3-5-11(6-4-2)19-13-9-10(14(16,17)18)7-8-12(13)15/h7-9,11,19H,3-6H2,1-2H3. The molecule has 0 spiro atoms. The van der Waals surface area contributed by atoms with Gasteiger partial charge in [-0.1, -0.05) is 26.7 Å². The molecular formula is C14H19F4N. The molecule has 0 heterocycles. The van der Waals surface area contributed by atoms with E-state index in [9.17, 15) is 17.6 Å². The zero-order valence-electron chi connectivity index (χ0n) is 11.1. The number of rotatable bonds is 6. The van der Waals surface area contributed by atoms with Crippen molar-refractivity contribution in [3.05, 3.63) is 29.6 Å². The number of nitrogens with one attached hydrogen (secondary N) is 1. The smallest absolute Gasteiger partial charge is 0.380 e. The van der Waals surface area contributed by atoms with Crippen LogP contribution in [-0.2, 0) is 6.18 Å². The summed E-state index contributed by atoms with van der Waals surface area (Å²) < 4.78 is 51.3. The molecule has 1 aromatic rings. The summed E-state index contributed by atoms with van der Waals surface area (Å²) in [7, 11) is 0. The second-order valence-corrected chi connectivity index (χ2v) is 4.61. The SMILES string of the molecule is CCCC(CCC)Nc1cc(C(F)(F)F)ccc1F. The van der Waals surface area contributed by atoms with Gasteiger partial charge in [0.15, 0.2) is 0 Å². The second-order valence-electron chi connectivity index (χ2n) is 4.61. The molecule has 5 heteroatoms. The Balaban J connectivity index is 2.92. The van der Waals surface area contributed by atoms with E-state index in [-0.39, 0.29) is 11.7 Å². The van der Waals surface area contributed by atoms with E-state index in [0.29, 0.717) is 0 Å². The number of hydrogen-bond donors (Lipinski definition) is 1. The Morgan fingerprint density at radius 3 is 2.16 bits per heavy atom. The Bertz CT molecular complexity index is 395. The molecule has 1 nitrogen and oxygen atoms in total. The molecule has 0 aliphatic rings. The van der Waals surface area contributed by atoms with Crippen molar-refractivity contribution in [2.24, 2.45) is 0 Å². The van der Waals surface area contributed by atoms with E-state index in [1.54, 1.807) is 0 Å². The highest BCUT2D eigenvalue weighted by atomic mass is 19.4. The van der Waals surface area contributed by atoms with Gasteiger partial charge in [0, 0.05) is 6.04 Å². The predicted octanol–water partition coefficient (Wildman–Crippen LogP) is 5.23. The van der Waals surface area contributed by atoms with Gasteiger partial charge >= 0.3 is 6.18 Å². The average Bonchev–Trinajstić information content (AvgIpc) is 2.31. The van der Waals surface area contributed by atoms with Crippen LogP contribution in [0.4, 0.5) is 23.2 Å². The quantitative estimate of drug-likeness (QED) is 0.702. The molecule has 0 amide bonds. The summed E-state index contributed by atoms with van der Waals surface area (Å²) in [5.41, 5.74) is -0.898. The zero-order chi connectivity index (χ0) is 14.5. The Hall–Kier alpha value is -1.26. The van der Waals surface area contributed by atoms with E-state index in [2.05, 4.69) is 5.32 Å². The van der Waals surface area contributed by atoms with Gasteiger partial charge in [0.1, 0.15) is 5.82 Å². The van der Waals surface area contributed by atoms with Crippen molar-refractivity contribution in [1.82, 2.24) is 0 Å². The zero-order valence-corrected chi connectivity index (χ0v) is 11.1. The van der Waals surface area contributed by atoms with Crippen molar-refractivity contribution in [3.63, 3.8) is 0 Å². The number of alkyl halides is 3. The Kier molecular flexibility index (Phi) is 5.63. The van der Waals surface area contributed by atoms with E-state index < -0.39 is 17.6 Å². The molecule has 0 radical (unpaired) electrons. The van der Waals surface area contributed by atoms with Crippen LogP contribution in [0.15, 0.2) is 18.2 Å². The van der Waals surface area contributed by atoms with Crippen LogP contribution in [0.25, 0.3) is 0 Å². The molecule has 0 aliphatic carbocycles. The summed E-state index contributed by atoms with van der Waals surface area (Å²) >= 11 is 0. The third-order valence-corrected chi connectivity index (χ3v) is 2.93. The van der Waals surface area contributed by atoms with Crippen molar-refractivity contribution in [2.75, 3.05) is 5.32 Å². The highest BCUT2D eigenvalue weighted by Crippen LogP contribution is 2.32. The molecule has 0 saturated carbocycles.